The van der Waals surface area contributed by atoms with E-state index in [4.69, 9.17) is 4.52 Å². The van der Waals surface area contributed by atoms with Crippen LogP contribution in [0.4, 0.5) is 0 Å². The van der Waals surface area contributed by atoms with Gasteiger partial charge in [0.05, 0.1) is 5.69 Å². The highest BCUT2D eigenvalue weighted by molar-refractivity contribution is 7.98. The summed E-state index contributed by atoms with van der Waals surface area (Å²) in [5.74, 6) is 1.45. The maximum Gasteiger partial charge on any atom is 0.195 e. The number of hydrogen-bond donors (Lipinski definition) is 0. The van der Waals surface area contributed by atoms with Crippen LogP contribution in [0.2, 0.25) is 0 Å². The van der Waals surface area contributed by atoms with Gasteiger partial charge in [-0.1, -0.05) is 23.0 Å². The number of aryl methyl sites for hydroxylation is 3. The van der Waals surface area contributed by atoms with E-state index in [1.54, 1.807) is 11.8 Å². The molecule has 6 heteroatoms. The monoisotopic (exact) mass is 300 g/mol. The zero-order chi connectivity index (χ0) is 15.0. The normalized spacial score (nSPS) is 11.0. The predicted octanol–water partition coefficient (Wildman–Crippen LogP) is 3.57. The third-order valence-corrected chi connectivity index (χ3v) is 4.05. The van der Waals surface area contributed by atoms with Crippen LogP contribution in [0, 0.1) is 20.8 Å². The van der Waals surface area contributed by atoms with Gasteiger partial charge in [0.25, 0.3) is 0 Å². The van der Waals surface area contributed by atoms with Crippen molar-refractivity contribution in [3.8, 4) is 17.2 Å². The summed E-state index contributed by atoms with van der Waals surface area (Å²) in [6.07, 6.45) is 1.99. The molecule has 2 aromatic heterocycles. The van der Waals surface area contributed by atoms with Crippen LogP contribution in [0.15, 0.2) is 33.9 Å². The van der Waals surface area contributed by atoms with E-state index in [0.717, 1.165) is 16.6 Å². The molecule has 0 unspecified atom stereocenters. The van der Waals surface area contributed by atoms with Crippen LogP contribution in [0.25, 0.3) is 17.2 Å². The van der Waals surface area contributed by atoms with Crippen molar-refractivity contribution in [2.75, 3.05) is 6.26 Å². The second-order valence-electron chi connectivity index (χ2n) is 4.94. The van der Waals surface area contributed by atoms with Crippen molar-refractivity contribution in [1.29, 1.82) is 0 Å². The molecule has 0 bridgehead atoms. The number of nitrogens with zero attached hydrogens (tertiary/aromatic N) is 4. The lowest BCUT2D eigenvalue weighted by molar-refractivity contribution is 0.399. The van der Waals surface area contributed by atoms with Crippen LogP contribution in [-0.4, -0.2) is 26.2 Å². The number of aromatic nitrogens is 4. The van der Waals surface area contributed by atoms with Gasteiger partial charge in [-0.15, -0.1) is 10.2 Å². The summed E-state index contributed by atoms with van der Waals surface area (Å²) < 4.78 is 7.17. The molecule has 0 saturated carbocycles. The molecule has 5 nitrogen and oxygen atoms in total. The SMILES string of the molecule is CSc1nnc(-c2cc(C)on2)n1-c1ccc(C)c(C)c1. The molecular formula is C15H16N4OS. The first-order valence-corrected chi connectivity index (χ1v) is 7.83. The first-order valence-electron chi connectivity index (χ1n) is 6.61. The van der Waals surface area contributed by atoms with Crippen molar-refractivity contribution in [3.05, 3.63) is 41.2 Å². The van der Waals surface area contributed by atoms with Gasteiger partial charge in [-0.05, 0) is 50.3 Å². The molecule has 2 heterocycles. The van der Waals surface area contributed by atoms with E-state index in [-0.39, 0.29) is 0 Å². The highest BCUT2D eigenvalue weighted by Crippen LogP contribution is 2.27. The largest absolute Gasteiger partial charge is 0.361 e. The number of benzene rings is 1. The molecule has 0 saturated heterocycles. The van der Waals surface area contributed by atoms with Crippen molar-refractivity contribution in [2.24, 2.45) is 0 Å². The summed E-state index contributed by atoms with van der Waals surface area (Å²) >= 11 is 1.55. The lowest BCUT2D eigenvalue weighted by Gasteiger charge is -2.10. The Hall–Kier alpha value is -2.08. The standard InChI is InChI=1S/C15H16N4OS/c1-9-5-6-12(7-10(9)2)19-14(16-17-15(19)21-4)13-8-11(3)20-18-13/h5-8H,1-4H3. The van der Waals surface area contributed by atoms with Gasteiger partial charge in [0.2, 0.25) is 0 Å². The van der Waals surface area contributed by atoms with E-state index in [1.165, 1.54) is 11.1 Å². The summed E-state index contributed by atoms with van der Waals surface area (Å²) in [6, 6.07) is 8.18. The lowest BCUT2D eigenvalue weighted by Crippen LogP contribution is -2.00. The van der Waals surface area contributed by atoms with Gasteiger partial charge in [-0.2, -0.15) is 0 Å². The number of rotatable bonds is 3. The van der Waals surface area contributed by atoms with Crippen LogP contribution in [-0.2, 0) is 0 Å². The van der Waals surface area contributed by atoms with Gasteiger partial charge in [0.15, 0.2) is 16.7 Å². The summed E-state index contributed by atoms with van der Waals surface area (Å²) in [5.41, 5.74) is 4.22. The quantitative estimate of drug-likeness (QED) is 0.692. The molecule has 0 aliphatic rings. The van der Waals surface area contributed by atoms with Crippen molar-refractivity contribution in [3.63, 3.8) is 0 Å². The third-order valence-electron chi connectivity index (χ3n) is 3.42. The first-order chi connectivity index (χ1) is 10.1. The van der Waals surface area contributed by atoms with Crippen LogP contribution in [0.1, 0.15) is 16.9 Å². The molecule has 3 aromatic rings. The van der Waals surface area contributed by atoms with Gasteiger partial charge in [-0.25, -0.2) is 0 Å². The summed E-state index contributed by atoms with van der Waals surface area (Å²) in [5, 5.41) is 13.4. The highest BCUT2D eigenvalue weighted by atomic mass is 32.2. The van der Waals surface area contributed by atoms with E-state index in [9.17, 15) is 0 Å². The molecule has 3 rings (SSSR count). The molecule has 0 amide bonds. The van der Waals surface area contributed by atoms with Gasteiger partial charge >= 0.3 is 0 Å². The highest BCUT2D eigenvalue weighted by Gasteiger charge is 2.18. The van der Waals surface area contributed by atoms with Crippen molar-refractivity contribution in [1.82, 2.24) is 19.9 Å². The predicted molar refractivity (Wildman–Crippen MR) is 82.8 cm³/mol. The maximum absolute atomic E-state index is 5.16. The van der Waals surface area contributed by atoms with Crippen LogP contribution in [0.3, 0.4) is 0 Å². The third kappa shape index (κ3) is 2.47. The Bertz CT molecular complexity index is 791. The van der Waals surface area contributed by atoms with Crippen LogP contribution in [0.5, 0.6) is 0 Å². The zero-order valence-corrected chi connectivity index (χ0v) is 13.2. The molecule has 0 fully saturated rings. The van der Waals surface area contributed by atoms with E-state index in [1.807, 2.05) is 23.8 Å². The van der Waals surface area contributed by atoms with E-state index in [0.29, 0.717) is 11.5 Å². The Morgan fingerprint density at radius 2 is 1.86 bits per heavy atom. The summed E-state index contributed by atoms with van der Waals surface area (Å²) in [7, 11) is 0. The Morgan fingerprint density at radius 3 is 2.48 bits per heavy atom. The van der Waals surface area contributed by atoms with Crippen molar-refractivity contribution >= 4 is 11.8 Å². The minimum atomic E-state index is 0.693. The Balaban J connectivity index is 2.20. The fraction of sp³-hybridized carbons (Fsp3) is 0.267. The summed E-state index contributed by atoms with van der Waals surface area (Å²) in [4.78, 5) is 0. The molecule has 0 spiro atoms. The number of thioether (sulfide) groups is 1. The van der Waals surface area contributed by atoms with E-state index in [2.05, 4.69) is 47.4 Å². The topological polar surface area (TPSA) is 56.7 Å². The average Bonchev–Trinajstić information content (AvgIpc) is 3.07. The molecule has 21 heavy (non-hydrogen) atoms. The average molecular weight is 300 g/mol. The molecule has 0 aliphatic carbocycles. The van der Waals surface area contributed by atoms with Gasteiger partial charge in [0.1, 0.15) is 5.76 Å². The molecule has 108 valence electrons. The zero-order valence-electron chi connectivity index (χ0n) is 12.4. The maximum atomic E-state index is 5.16. The fourth-order valence-corrected chi connectivity index (χ4v) is 2.63. The first kappa shape index (κ1) is 13.9. The molecule has 1 aromatic carbocycles. The molecule has 0 atom stereocenters. The van der Waals surface area contributed by atoms with Gasteiger partial charge in [-0.3, -0.25) is 4.57 Å². The van der Waals surface area contributed by atoms with E-state index < -0.39 is 0 Å². The molecular weight excluding hydrogens is 284 g/mol. The molecule has 0 N–H and O–H groups in total. The van der Waals surface area contributed by atoms with E-state index >= 15 is 0 Å². The fourth-order valence-electron chi connectivity index (χ4n) is 2.14. The van der Waals surface area contributed by atoms with Crippen molar-refractivity contribution < 1.29 is 4.52 Å². The smallest absolute Gasteiger partial charge is 0.195 e. The number of hydrogen-bond acceptors (Lipinski definition) is 5. The lowest BCUT2D eigenvalue weighted by atomic mass is 10.1. The Labute approximate surface area is 127 Å². The Kier molecular flexibility index (Phi) is 3.55. The van der Waals surface area contributed by atoms with Crippen molar-refractivity contribution in [2.45, 2.75) is 25.9 Å². The minimum Gasteiger partial charge on any atom is -0.361 e. The van der Waals surface area contributed by atoms with Gasteiger partial charge < -0.3 is 4.52 Å². The van der Waals surface area contributed by atoms with Gasteiger partial charge in [0, 0.05) is 6.07 Å². The Morgan fingerprint density at radius 1 is 1.05 bits per heavy atom. The van der Waals surface area contributed by atoms with Crippen LogP contribution < -0.4 is 0 Å². The summed E-state index contributed by atoms with van der Waals surface area (Å²) in [6.45, 7) is 6.06. The molecule has 0 aliphatic heterocycles. The molecule has 0 radical (unpaired) electrons. The van der Waals surface area contributed by atoms with Crippen LogP contribution >= 0.6 is 11.8 Å². The minimum absolute atomic E-state index is 0.693. The second kappa shape index (κ2) is 5.37. The second-order valence-corrected chi connectivity index (χ2v) is 5.71.